The van der Waals surface area contributed by atoms with Gasteiger partial charge in [0.1, 0.15) is 11.1 Å². The summed E-state index contributed by atoms with van der Waals surface area (Å²) in [4.78, 5) is 25.5. The molecule has 10 heteroatoms. The van der Waals surface area contributed by atoms with E-state index in [1.165, 1.54) is 48.8 Å². The number of methoxy groups -OCH3 is 1. The Kier molecular flexibility index (Phi) is 5.61. The minimum Gasteiger partial charge on any atom is -0.490 e. The van der Waals surface area contributed by atoms with E-state index in [9.17, 15) is 25.5 Å². The van der Waals surface area contributed by atoms with Crippen molar-refractivity contribution in [2.24, 2.45) is 0 Å². The molecule has 0 fully saturated rings. The van der Waals surface area contributed by atoms with Crippen LogP contribution in [0.25, 0.3) is 22.9 Å². The smallest absolute Gasteiger partial charge is 0.311 e. The Labute approximate surface area is 168 Å². The third-order valence-electron chi connectivity index (χ3n) is 3.92. The molecule has 0 unspecified atom stereocenters. The Hall–Kier alpha value is -4.10. The molecule has 1 heterocycles. The predicted octanol–water partition coefficient (Wildman–Crippen LogP) is 4.70. The molecule has 144 valence electrons. The number of nitro benzene ring substituents is 2. The van der Waals surface area contributed by atoms with Gasteiger partial charge in [0.15, 0.2) is 5.75 Å². The molecule has 29 heavy (non-hydrogen) atoms. The summed E-state index contributed by atoms with van der Waals surface area (Å²) in [7, 11) is 1.34. The lowest BCUT2D eigenvalue weighted by atomic mass is 10.1. The second kappa shape index (κ2) is 8.28. The van der Waals surface area contributed by atoms with Crippen molar-refractivity contribution in [2.45, 2.75) is 0 Å². The Balaban J connectivity index is 1.97. The van der Waals surface area contributed by atoms with Crippen molar-refractivity contribution >= 4 is 34.4 Å². The molecule has 0 aliphatic rings. The normalized spacial score (nSPS) is 11.0. The van der Waals surface area contributed by atoms with Crippen LogP contribution in [0.1, 0.15) is 10.6 Å². The number of allylic oxidation sites excluding steroid dienone is 1. The predicted molar refractivity (Wildman–Crippen MR) is 107 cm³/mol. The molecule has 0 N–H and O–H groups in total. The van der Waals surface area contributed by atoms with E-state index in [1.54, 1.807) is 23.6 Å². The Morgan fingerprint density at radius 3 is 2.66 bits per heavy atom. The molecule has 1 aromatic heterocycles. The number of thiazole rings is 1. The average molecular weight is 408 g/mol. The summed E-state index contributed by atoms with van der Waals surface area (Å²) in [5, 5.41) is 33.7. The lowest BCUT2D eigenvalue weighted by Gasteiger charge is -2.02. The molecule has 0 saturated carbocycles. The minimum absolute atomic E-state index is 0.0568. The van der Waals surface area contributed by atoms with Crippen LogP contribution in [-0.2, 0) is 0 Å². The van der Waals surface area contributed by atoms with Crippen molar-refractivity contribution in [3.05, 3.63) is 78.6 Å². The van der Waals surface area contributed by atoms with Crippen molar-refractivity contribution in [1.82, 2.24) is 4.98 Å². The third-order valence-corrected chi connectivity index (χ3v) is 4.79. The highest BCUT2D eigenvalue weighted by Crippen LogP contribution is 2.31. The highest BCUT2D eigenvalue weighted by atomic mass is 32.1. The molecule has 9 nitrogen and oxygen atoms in total. The number of nitriles is 1. The van der Waals surface area contributed by atoms with Gasteiger partial charge in [0.25, 0.3) is 5.69 Å². The summed E-state index contributed by atoms with van der Waals surface area (Å²) in [5.41, 5.74) is 1.44. The second-order valence-electron chi connectivity index (χ2n) is 5.70. The van der Waals surface area contributed by atoms with Gasteiger partial charge in [0.05, 0.1) is 28.2 Å². The van der Waals surface area contributed by atoms with Crippen LogP contribution in [0.5, 0.6) is 5.75 Å². The van der Waals surface area contributed by atoms with E-state index in [1.807, 2.05) is 6.07 Å². The summed E-state index contributed by atoms with van der Waals surface area (Å²) >= 11 is 1.20. The van der Waals surface area contributed by atoms with Gasteiger partial charge in [-0.05, 0) is 17.7 Å². The highest BCUT2D eigenvalue weighted by Gasteiger charge is 2.16. The van der Waals surface area contributed by atoms with Crippen molar-refractivity contribution in [2.75, 3.05) is 7.11 Å². The average Bonchev–Trinajstić information content (AvgIpc) is 3.22. The Morgan fingerprint density at radius 2 is 2.00 bits per heavy atom. The van der Waals surface area contributed by atoms with E-state index in [4.69, 9.17) is 4.74 Å². The Morgan fingerprint density at radius 1 is 1.21 bits per heavy atom. The molecular formula is C19H12N4O5S. The first-order valence-electron chi connectivity index (χ1n) is 8.08. The summed E-state index contributed by atoms with van der Waals surface area (Å²) in [6, 6.07) is 12.4. The maximum absolute atomic E-state index is 11.2. The number of rotatable bonds is 6. The highest BCUT2D eigenvalue weighted by molar-refractivity contribution is 7.11. The van der Waals surface area contributed by atoms with E-state index in [0.717, 1.165) is 0 Å². The number of hydrogen-bond acceptors (Lipinski definition) is 8. The number of nitro groups is 2. The Bertz CT molecular complexity index is 1180. The fourth-order valence-electron chi connectivity index (χ4n) is 2.56. The zero-order chi connectivity index (χ0) is 21.0. The van der Waals surface area contributed by atoms with E-state index < -0.39 is 9.85 Å². The lowest BCUT2D eigenvalue weighted by molar-refractivity contribution is -0.385. The topological polar surface area (TPSA) is 132 Å². The number of non-ortho nitro benzene ring substituents is 1. The van der Waals surface area contributed by atoms with E-state index in [2.05, 4.69) is 4.98 Å². The summed E-state index contributed by atoms with van der Waals surface area (Å²) in [5.74, 6) is 0.118. The summed E-state index contributed by atoms with van der Waals surface area (Å²) < 4.78 is 4.97. The van der Waals surface area contributed by atoms with Gasteiger partial charge in [-0.15, -0.1) is 11.3 Å². The fraction of sp³-hybridized carbons (Fsp3) is 0.0526. The molecule has 0 amide bonds. The molecule has 0 atom stereocenters. The van der Waals surface area contributed by atoms with Gasteiger partial charge >= 0.3 is 5.69 Å². The van der Waals surface area contributed by atoms with Crippen molar-refractivity contribution in [3.8, 4) is 23.1 Å². The largest absolute Gasteiger partial charge is 0.490 e. The van der Waals surface area contributed by atoms with Gasteiger partial charge in [0, 0.05) is 29.1 Å². The van der Waals surface area contributed by atoms with Gasteiger partial charge in [-0.25, -0.2) is 4.98 Å². The zero-order valence-electron chi connectivity index (χ0n) is 14.9. The van der Waals surface area contributed by atoms with Crippen molar-refractivity contribution < 1.29 is 14.6 Å². The molecule has 3 aromatic rings. The maximum Gasteiger partial charge on any atom is 0.311 e. The van der Waals surface area contributed by atoms with Crippen LogP contribution in [0, 0.1) is 31.6 Å². The number of hydrogen-bond donors (Lipinski definition) is 0. The van der Waals surface area contributed by atoms with Gasteiger partial charge in [-0.3, -0.25) is 20.2 Å². The van der Waals surface area contributed by atoms with Crippen LogP contribution in [0.15, 0.2) is 47.8 Å². The number of aromatic nitrogens is 1. The van der Waals surface area contributed by atoms with Gasteiger partial charge < -0.3 is 4.74 Å². The SMILES string of the molecule is COc1ccc(/C=C(/C#N)c2nc(-c3cccc([N+](=O)[O-])c3)cs2)cc1[N+](=O)[O-]. The molecule has 0 aliphatic heterocycles. The van der Waals surface area contributed by atoms with Crippen molar-refractivity contribution in [1.29, 1.82) is 5.26 Å². The van der Waals surface area contributed by atoms with Crippen molar-refractivity contribution in [3.63, 3.8) is 0 Å². The van der Waals surface area contributed by atoms with E-state index in [-0.39, 0.29) is 22.7 Å². The quantitative estimate of drug-likeness (QED) is 0.328. The minimum atomic E-state index is -0.563. The molecular weight excluding hydrogens is 396 g/mol. The van der Waals surface area contributed by atoms with E-state index >= 15 is 0 Å². The zero-order valence-corrected chi connectivity index (χ0v) is 15.8. The lowest BCUT2D eigenvalue weighted by Crippen LogP contribution is -1.94. The van der Waals surface area contributed by atoms with Crippen LogP contribution >= 0.6 is 11.3 Å². The molecule has 0 radical (unpaired) electrons. The first-order chi connectivity index (χ1) is 13.9. The number of nitrogens with zero attached hydrogens (tertiary/aromatic N) is 4. The van der Waals surface area contributed by atoms with Gasteiger partial charge in [-0.1, -0.05) is 18.2 Å². The molecule has 0 bridgehead atoms. The van der Waals surface area contributed by atoms with E-state index in [0.29, 0.717) is 21.8 Å². The van der Waals surface area contributed by atoms with Crippen LogP contribution < -0.4 is 4.74 Å². The first kappa shape index (κ1) is 19.7. The van der Waals surface area contributed by atoms with Crippen LogP contribution in [-0.4, -0.2) is 21.9 Å². The molecule has 0 spiro atoms. The maximum atomic E-state index is 11.2. The van der Waals surface area contributed by atoms with Crippen LogP contribution in [0.4, 0.5) is 11.4 Å². The van der Waals surface area contributed by atoms with Gasteiger partial charge in [0.2, 0.25) is 0 Å². The third kappa shape index (κ3) is 4.26. The first-order valence-corrected chi connectivity index (χ1v) is 8.96. The molecule has 3 rings (SSSR count). The molecule has 0 aliphatic carbocycles. The second-order valence-corrected chi connectivity index (χ2v) is 6.56. The molecule has 0 saturated heterocycles. The summed E-state index contributed by atoms with van der Waals surface area (Å²) in [6.45, 7) is 0. The summed E-state index contributed by atoms with van der Waals surface area (Å²) in [6.07, 6.45) is 1.49. The van der Waals surface area contributed by atoms with Gasteiger partial charge in [-0.2, -0.15) is 5.26 Å². The molecule has 2 aromatic carbocycles. The monoisotopic (exact) mass is 408 g/mol. The standard InChI is InChI=1S/C19H12N4O5S/c1-28-18-6-5-12(8-17(18)23(26)27)7-14(10-20)19-21-16(11-29-19)13-3-2-4-15(9-13)22(24)25/h2-9,11H,1H3/b14-7-. The van der Waals surface area contributed by atoms with Crippen LogP contribution in [0.3, 0.4) is 0 Å². The number of benzene rings is 2. The fourth-order valence-corrected chi connectivity index (χ4v) is 3.35. The number of ether oxygens (including phenoxy) is 1. The van der Waals surface area contributed by atoms with Crippen LogP contribution in [0.2, 0.25) is 0 Å².